The van der Waals surface area contributed by atoms with Crippen molar-refractivity contribution in [2.24, 2.45) is 5.73 Å². The van der Waals surface area contributed by atoms with Crippen LogP contribution in [0.4, 0.5) is 4.39 Å². The molecule has 0 saturated heterocycles. The Morgan fingerprint density at radius 1 is 1.39 bits per heavy atom. The quantitative estimate of drug-likeness (QED) is 0.837. The number of hydrogen-bond acceptors (Lipinski definition) is 3. The molecule has 2 aromatic rings. The van der Waals surface area contributed by atoms with Crippen molar-refractivity contribution in [3.63, 3.8) is 0 Å². The minimum Gasteiger partial charge on any atom is -0.476 e. The minimum absolute atomic E-state index is 0.0732. The Morgan fingerprint density at radius 3 is 2.70 bits per heavy atom. The topological polar surface area (TPSA) is 98.2 Å². The van der Waals surface area contributed by atoms with Crippen LogP contribution < -0.4 is 5.73 Å². The van der Waals surface area contributed by atoms with Crippen molar-refractivity contribution in [3.05, 3.63) is 39.4 Å². The average Bonchev–Trinajstić information content (AvgIpc) is 2.71. The lowest BCUT2D eigenvalue weighted by molar-refractivity contribution is 0.0672. The zero-order valence-corrected chi connectivity index (χ0v) is 13.3. The molecule has 0 radical (unpaired) electrons. The minimum atomic E-state index is -1.24. The molecule has 2 bridgehead atoms. The number of aromatic nitrogens is 2. The number of halogens is 2. The summed E-state index contributed by atoms with van der Waals surface area (Å²) in [5.41, 5.74) is 6.27. The Hall–Kier alpha value is -2.22. The number of aromatic carboxylic acids is 1. The maximum atomic E-state index is 13.9. The lowest BCUT2D eigenvalue weighted by Crippen LogP contribution is -2.27. The maximum absolute atomic E-state index is 13.9. The number of carbonyl (C=O) groups excluding carboxylic acids is 1. The maximum Gasteiger partial charge on any atom is 0.355 e. The number of nitrogens with two attached hydrogens (primary N) is 1. The van der Waals surface area contributed by atoms with Crippen LogP contribution >= 0.6 is 15.9 Å². The summed E-state index contributed by atoms with van der Waals surface area (Å²) < 4.78 is 15.7. The molecule has 1 aromatic heterocycles. The smallest absolute Gasteiger partial charge is 0.355 e. The number of carboxylic acids is 1. The van der Waals surface area contributed by atoms with Gasteiger partial charge in [-0.3, -0.25) is 4.79 Å². The van der Waals surface area contributed by atoms with Gasteiger partial charge in [0.05, 0.1) is 4.47 Å². The second-order valence-corrected chi connectivity index (χ2v) is 6.70. The molecule has 3 aliphatic rings. The zero-order chi connectivity index (χ0) is 16.5. The van der Waals surface area contributed by atoms with Gasteiger partial charge in [0.25, 0.3) is 5.91 Å². The molecule has 0 spiro atoms. The van der Waals surface area contributed by atoms with Gasteiger partial charge >= 0.3 is 5.97 Å². The molecule has 23 heavy (non-hydrogen) atoms. The SMILES string of the molecule is NC(=O)c1nc2n(c1C(=O)O)C1CC(C1)c1cc(F)c(Br)cc1-2. The highest BCUT2D eigenvalue weighted by molar-refractivity contribution is 9.10. The molecule has 1 amide bonds. The lowest BCUT2D eigenvalue weighted by Gasteiger charge is -2.35. The number of imidazole rings is 1. The van der Waals surface area contributed by atoms with E-state index >= 15 is 0 Å². The fourth-order valence-corrected chi connectivity index (χ4v) is 3.84. The van der Waals surface area contributed by atoms with E-state index in [1.807, 2.05) is 0 Å². The predicted octanol–water partition coefficient (Wildman–Crippen LogP) is 2.68. The van der Waals surface area contributed by atoms with Gasteiger partial charge in [0, 0.05) is 11.6 Å². The molecule has 118 valence electrons. The molecule has 8 heteroatoms. The number of hydrogen-bond donors (Lipinski definition) is 2. The van der Waals surface area contributed by atoms with E-state index in [-0.39, 0.29) is 33.6 Å². The Labute approximate surface area is 138 Å². The number of primary amides is 1. The molecule has 2 aliphatic heterocycles. The summed E-state index contributed by atoms with van der Waals surface area (Å²) in [4.78, 5) is 27.4. The van der Waals surface area contributed by atoms with Gasteiger partial charge in [0.1, 0.15) is 11.6 Å². The number of carboxylic acid groups (broad SMARTS) is 1. The summed E-state index contributed by atoms with van der Waals surface area (Å²) in [5.74, 6) is -1.98. The van der Waals surface area contributed by atoms with Gasteiger partial charge in [-0.15, -0.1) is 0 Å². The molecule has 6 nitrogen and oxygen atoms in total. The Bertz CT molecular complexity index is 887. The number of carbonyl (C=O) groups is 2. The van der Waals surface area contributed by atoms with Crippen LogP contribution in [0.25, 0.3) is 11.4 Å². The van der Waals surface area contributed by atoms with Crippen LogP contribution in [0.5, 0.6) is 0 Å². The molecule has 1 aliphatic carbocycles. The third kappa shape index (κ3) is 1.87. The van der Waals surface area contributed by atoms with Crippen LogP contribution in [0.15, 0.2) is 16.6 Å². The van der Waals surface area contributed by atoms with Crippen molar-refractivity contribution in [2.45, 2.75) is 24.8 Å². The summed E-state index contributed by atoms with van der Waals surface area (Å²) in [6.45, 7) is 0. The molecule has 3 heterocycles. The van der Waals surface area contributed by atoms with Gasteiger partial charge in [0.2, 0.25) is 0 Å². The second kappa shape index (κ2) is 4.64. The van der Waals surface area contributed by atoms with Gasteiger partial charge in [-0.1, -0.05) is 0 Å². The van der Waals surface area contributed by atoms with Crippen LogP contribution in [0.3, 0.4) is 0 Å². The third-order valence-corrected chi connectivity index (χ3v) is 5.21. The number of amides is 1. The fraction of sp³-hybridized carbons (Fsp3) is 0.267. The predicted molar refractivity (Wildman–Crippen MR) is 81.8 cm³/mol. The lowest BCUT2D eigenvalue weighted by atomic mass is 9.75. The number of rotatable bonds is 2. The van der Waals surface area contributed by atoms with Gasteiger partial charge in [-0.25, -0.2) is 14.2 Å². The fourth-order valence-electron chi connectivity index (χ4n) is 3.50. The summed E-state index contributed by atoms with van der Waals surface area (Å²) in [7, 11) is 0. The monoisotopic (exact) mass is 379 g/mol. The van der Waals surface area contributed by atoms with E-state index in [0.29, 0.717) is 24.2 Å². The van der Waals surface area contributed by atoms with Crippen molar-refractivity contribution in [3.8, 4) is 11.4 Å². The standard InChI is InChI=1S/C15H11BrFN3O3/c16-9-3-8-7(4-10(9)17)5-1-6(2-5)20-12(15(22)23)11(13(18)21)19-14(8)20/h3-6H,1-2H2,(H2,18,21)(H,22,23). The number of benzene rings is 1. The molecular weight excluding hydrogens is 369 g/mol. The molecule has 1 aromatic carbocycles. The van der Waals surface area contributed by atoms with Crippen LogP contribution in [0, 0.1) is 5.82 Å². The first-order valence-electron chi connectivity index (χ1n) is 7.03. The van der Waals surface area contributed by atoms with Gasteiger partial charge < -0.3 is 15.4 Å². The first-order chi connectivity index (χ1) is 10.9. The summed E-state index contributed by atoms with van der Waals surface area (Å²) in [5, 5.41) is 9.50. The molecule has 0 unspecified atom stereocenters. The van der Waals surface area contributed by atoms with Crippen LogP contribution in [0.2, 0.25) is 0 Å². The summed E-state index contributed by atoms with van der Waals surface area (Å²) >= 11 is 3.15. The van der Waals surface area contributed by atoms with Crippen LogP contribution in [0.1, 0.15) is 51.3 Å². The highest BCUT2D eigenvalue weighted by Crippen LogP contribution is 2.53. The van der Waals surface area contributed by atoms with Crippen molar-refractivity contribution in [2.75, 3.05) is 0 Å². The largest absolute Gasteiger partial charge is 0.476 e. The van der Waals surface area contributed by atoms with Crippen LogP contribution in [-0.2, 0) is 0 Å². The van der Waals surface area contributed by atoms with E-state index in [4.69, 9.17) is 5.73 Å². The van der Waals surface area contributed by atoms with E-state index in [1.54, 1.807) is 10.6 Å². The third-order valence-electron chi connectivity index (χ3n) is 4.60. The van der Waals surface area contributed by atoms with Crippen LogP contribution in [-0.4, -0.2) is 26.5 Å². The Morgan fingerprint density at radius 2 is 2.09 bits per heavy atom. The van der Waals surface area contributed by atoms with Crippen molar-refractivity contribution in [1.29, 1.82) is 0 Å². The van der Waals surface area contributed by atoms with Crippen molar-refractivity contribution in [1.82, 2.24) is 9.55 Å². The Balaban J connectivity index is 2.08. The first kappa shape index (κ1) is 14.4. The second-order valence-electron chi connectivity index (χ2n) is 5.85. The van der Waals surface area contributed by atoms with E-state index in [2.05, 4.69) is 20.9 Å². The molecule has 1 saturated carbocycles. The van der Waals surface area contributed by atoms with E-state index in [1.165, 1.54) is 6.07 Å². The summed E-state index contributed by atoms with van der Waals surface area (Å²) in [6.07, 6.45) is 1.38. The molecule has 0 atom stereocenters. The highest BCUT2D eigenvalue weighted by atomic mass is 79.9. The van der Waals surface area contributed by atoms with Crippen molar-refractivity contribution >= 4 is 27.8 Å². The Kier molecular flexibility index (Phi) is 2.90. The van der Waals surface area contributed by atoms with Crippen molar-refractivity contribution < 1.29 is 19.1 Å². The first-order valence-corrected chi connectivity index (χ1v) is 7.82. The zero-order valence-electron chi connectivity index (χ0n) is 11.7. The molecular formula is C15H11BrFN3O3. The highest BCUT2D eigenvalue weighted by Gasteiger charge is 2.42. The molecule has 1 fully saturated rings. The number of nitrogens with zero attached hydrogens (tertiary/aromatic N) is 2. The summed E-state index contributed by atoms with van der Waals surface area (Å²) in [6, 6.07) is 2.96. The normalized spacial score (nSPS) is 21.0. The van der Waals surface area contributed by atoms with E-state index in [0.717, 1.165) is 5.56 Å². The molecule has 3 N–H and O–H groups in total. The average molecular weight is 380 g/mol. The van der Waals surface area contributed by atoms with Gasteiger partial charge in [0.15, 0.2) is 11.4 Å². The van der Waals surface area contributed by atoms with Gasteiger partial charge in [-0.05, 0) is 52.4 Å². The van der Waals surface area contributed by atoms with E-state index < -0.39 is 11.9 Å². The molecule has 5 rings (SSSR count). The van der Waals surface area contributed by atoms with E-state index in [9.17, 15) is 19.1 Å². The van der Waals surface area contributed by atoms with Gasteiger partial charge in [-0.2, -0.15) is 0 Å².